The molecule has 49 heteroatoms. The average molecular weight is 2000 g/mol. The van der Waals surface area contributed by atoms with Crippen LogP contribution in [-0.2, 0) is 51.4 Å². The first-order chi connectivity index (χ1) is 64.3. The maximum absolute atomic E-state index is 13.3. The van der Waals surface area contributed by atoms with Gasteiger partial charge in [-0.3, -0.25) is 40.5 Å². The number of benzene rings is 8. The quantitative estimate of drug-likeness (QED) is 0.00800. The highest BCUT2D eigenvalue weighted by Crippen LogP contribution is 2.48. The molecule has 0 saturated carbocycles. The molecule has 2 aliphatic rings. The molecular formula is C89H93F24N9O16. The number of halogens is 24. The largest absolute Gasteiger partial charge is 0.493 e. The van der Waals surface area contributed by atoms with Crippen molar-refractivity contribution in [3.05, 3.63) is 227 Å². The average Bonchev–Trinajstić information content (AvgIpc) is 0.773. The van der Waals surface area contributed by atoms with Crippen molar-refractivity contribution in [1.29, 1.82) is 0 Å². The van der Waals surface area contributed by atoms with Crippen LogP contribution in [0.25, 0.3) is 0 Å². The highest BCUT2D eigenvalue weighted by atomic mass is 19.4. The third kappa shape index (κ3) is 35.7. The van der Waals surface area contributed by atoms with Crippen molar-refractivity contribution in [2.75, 3.05) is 82.8 Å². The Kier molecular flexibility index (Phi) is 38.1. The molecule has 0 unspecified atom stereocenters. The molecular weight excluding hydrogens is 1910 g/mol. The predicted molar refractivity (Wildman–Crippen MR) is 455 cm³/mol. The lowest BCUT2D eigenvalue weighted by molar-refractivity contribution is -0.385. The standard InChI is InChI=1S/C44H40F12N4O12.C44H48F12N4O4.CH5N/c45-41(46,47)5-1-9-69-37-25-13-27-19-34(58(63)64)21-29(38(27)70-10-2-6-42(48,49)50)15-31-23-36(60(67)68)24-32(40(31)72-12-4-8-44(54,55)56)16-30-22-35(59(65)66)20-28(14-26(37)18-33(17-25)57(61)62)39(30)71-11-3-7-43(51,52)53;45-41(46,47)5-1-9-61-37-25-13-27-19-34(58)21-29(38(27)62-10-2-6-42(48,49)50)15-31-23-36(60)24-32(40(31)64-12-4-8-44(54,55)56)16-30-22-35(59)20-28(14-26(37)18-33(57)17-25)39(30)63-11-3-7-43(51,52)53;1-2/h17-24H,1-16H2;17-24H,1-16,57-60H2;2H2,1H3. The molecule has 758 valence electrons. The molecule has 0 aromatic heterocycles. The van der Waals surface area contributed by atoms with Gasteiger partial charge in [0.15, 0.2) is 0 Å². The highest BCUT2D eigenvalue weighted by Gasteiger charge is 2.37. The normalized spacial score (nSPS) is 13.1. The number of nitrogens with two attached hydrogens (primary N) is 5. The molecule has 0 fully saturated rings. The first-order valence-corrected chi connectivity index (χ1v) is 42.3. The van der Waals surface area contributed by atoms with Gasteiger partial charge in [-0.05, 0) is 107 Å². The van der Waals surface area contributed by atoms with Crippen molar-refractivity contribution < 1.29 is 163 Å². The summed E-state index contributed by atoms with van der Waals surface area (Å²) in [5.41, 5.74) is 27.7. The predicted octanol–water partition coefficient (Wildman–Crippen LogP) is 24.0. The second kappa shape index (κ2) is 47.5. The summed E-state index contributed by atoms with van der Waals surface area (Å²) < 4.78 is 366. The minimum atomic E-state index is -4.71. The van der Waals surface area contributed by atoms with E-state index in [-0.39, 0.29) is 116 Å². The zero-order valence-corrected chi connectivity index (χ0v) is 73.1. The molecule has 0 atom stereocenters. The van der Waals surface area contributed by atoms with Gasteiger partial charge in [0.25, 0.3) is 22.7 Å². The Bertz CT molecular complexity index is 4700. The Hall–Kier alpha value is -12.8. The first kappa shape index (κ1) is 111. The smallest absolute Gasteiger partial charge is 0.389 e. The zero-order chi connectivity index (χ0) is 102. The van der Waals surface area contributed by atoms with Crippen LogP contribution in [0.3, 0.4) is 0 Å². The topological polar surface area (TPSA) is 376 Å². The lowest BCUT2D eigenvalue weighted by Crippen LogP contribution is -2.14. The highest BCUT2D eigenvalue weighted by molar-refractivity contribution is 5.67. The lowest BCUT2D eigenvalue weighted by Gasteiger charge is -2.24. The third-order valence-electron chi connectivity index (χ3n) is 20.7. The van der Waals surface area contributed by atoms with E-state index in [2.05, 4.69) is 5.73 Å². The number of anilines is 4. The fourth-order valence-electron chi connectivity index (χ4n) is 15.3. The first-order valence-electron chi connectivity index (χ1n) is 42.3. The lowest BCUT2D eigenvalue weighted by atomic mass is 9.90. The van der Waals surface area contributed by atoms with Crippen LogP contribution in [-0.4, -0.2) is 129 Å². The Labute approximate surface area is 770 Å². The number of nitro benzene ring substituents is 4. The van der Waals surface area contributed by atoms with Crippen LogP contribution in [0.1, 0.15) is 192 Å². The molecule has 8 aromatic rings. The van der Waals surface area contributed by atoms with E-state index in [9.17, 15) is 146 Å². The maximum Gasteiger partial charge on any atom is 0.389 e. The van der Waals surface area contributed by atoms with Gasteiger partial charge in [0.2, 0.25) is 0 Å². The molecule has 25 nitrogen and oxygen atoms in total. The fraction of sp³-hybridized carbons (Fsp3) is 0.461. The van der Waals surface area contributed by atoms with Gasteiger partial charge in [-0.25, -0.2) is 0 Å². The number of nitrogen functional groups attached to an aromatic ring is 4. The molecule has 8 aromatic carbocycles. The van der Waals surface area contributed by atoms with Crippen molar-refractivity contribution >= 4 is 45.5 Å². The summed E-state index contributed by atoms with van der Waals surface area (Å²) >= 11 is 0. The Balaban J connectivity index is 0.000000335. The number of hydrogen-bond acceptors (Lipinski definition) is 21. The number of nitro groups is 4. The van der Waals surface area contributed by atoms with Crippen LogP contribution < -0.4 is 66.6 Å². The van der Waals surface area contributed by atoms with E-state index in [0.717, 1.165) is 48.5 Å². The number of rotatable bonds is 36. The number of fused-ring (bicyclic) bond motifs is 16. The fourth-order valence-corrected chi connectivity index (χ4v) is 15.3. The third-order valence-corrected chi connectivity index (χ3v) is 20.7. The molecule has 2 aliphatic carbocycles. The van der Waals surface area contributed by atoms with Crippen molar-refractivity contribution in [1.82, 2.24) is 0 Å². The summed E-state index contributed by atoms with van der Waals surface area (Å²) in [6.45, 7) is -4.74. The van der Waals surface area contributed by atoms with Crippen LogP contribution in [0.2, 0.25) is 0 Å². The second-order valence-electron chi connectivity index (χ2n) is 32.0. The molecule has 0 aliphatic heterocycles. The van der Waals surface area contributed by atoms with Crippen LogP contribution in [0, 0.1) is 40.5 Å². The van der Waals surface area contributed by atoms with Gasteiger partial charge in [0.05, 0.1) is 72.5 Å². The summed E-state index contributed by atoms with van der Waals surface area (Å²) in [4.78, 5) is 46.4. The van der Waals surface area contributed by atoms with Gasteiger partial charge < -0.3 is 66.6 Å². The molecule has 16 bridgehead atoms. The van der Waals surface area contributed by atoms with E-state index in [4.69, 9.17) is 60.8 Å². The number of hydrogen-bond donors (Lipinski definition) is 5. The van der Waals surface area contributed by atoms with Crippen LogP contribution in [0.15, 0.2) is 97.1 Å². The molecule has 0 radical (unpaired) electrons. The molecule has 0 saturated heterocycles. The SMILES string of the molecule is CN.Nc1cc2c(OCCCC(F)(F)F)c(c1)Cc1cc(N)cc(c1OCCCC(F)(F)F)Cc1cc(N)cc(c1OCCCC(F)(F)F)Cc1cc(N)cc(c1OCCCC(F)(F)F)C2.O=[N+]([O-])c1cc2c(OCCCC(F)(F)F)c(c1)Cc1cc([N+](=O)[O-])cc(c1OCCCC(F)(F)F)Cc1cc([N+](=O)[O-])cc(c1OCCCC(F)(F)F)Cc1cc([N+](=O)[O-])cc(c1OCCCC(F)(F)F)C2. The van der Waals surface area contributed by atoms with Crippen molar-refractivity contribution in [2.45, 2.75) is 204 Å². The second-order valence-corrected chi connectivity index (χ2v) is 32.0. The van der Waals surface area contributed by atoms with Gasteiger partial charge in [0, 0.05) is 263 Å². The number of non-ortho nitro benzene ring substituents is 4. The summed E-state index contributed by atoms with van der Waals surface area (Å²) in [5.74, 6) is -1.36. The minimum Gasteiger partial charge on any atom is -0.493 e. The minimum absolute atomic E-state index is 0.0926. The monoisotopic (exact) mass is 2000 g/mol. The summed E-state index contributed by atoms with van der Waals surface area (Å²) in [5, 5.41) is 50.1. The van der Waals surface area contributed by atoms with Crippen LogP contribution in [0.4, 0.5) is 151 Å². The van der Waals surface area contributed by atoms with Gasteiger partial charge in [0.1, 0.15) is 46.0 Å². The van der Waals surface area contributed by atoms with E-state index in [1.54, 1.807) is 0 Å². The molecule has 0 spiro atoms. The Morgan fingerprint density at radius 3 is 0.391 bits per heavy atom. The number of nitrogens with zero attached hydrogens (tertiary/aromatic N) is 4. The molecule has 10 N–H and O–H groups in total. The number of ether oxygens (including phenoxy) is 8. The Morgan fingerprint density at radius 2 is 0.304 bits per heavy atom. The maximum atomic E-state index is 13.3. The molecule has 0 heterocycles. The summed E-state index contributed by atoms with van der Waals surface area (Å²) in [6, 6.07) is 18.8. The van der Waals surface area contributed by atoms with E-state index in [1.165, 1.54) is 55.6 Å². The Morgan fingerprint density at radius 1 is 0.210 bits per heavy atom. The summed E-state index contributed by atoms with van der Waals surface area (Å²) in [6.07, 6.45) is -55.5. The molecule has 138 heavy (non-hydrogen) atoms. The van der Waals surface area contributed by atoms with Gasteiger partial charge >= 0.3 is 49.4 Å². The summed E-state index contributed by atoms with van der Waals surface area (Å²) in [7, 11) is 1.50. The van der Waals surface area contributed by atoms with Crippen LogP contribution in [0.5, 0.6) is 46.0 Å². The van der Waals surface area contributed by atoms with Gasteiger partial charge in [-0.15, -0.1) is 0 Å². The number of alkyl halides is 24. The molecule has 10 rings (SSSR count). The van der Waals surface area contributed by atoms with Crippen molar-refractivity contribution in [2.24, 2.45) is 5.73 Å². The molecule has 0 amide bonds. The van der Waals surface area contributed by atoms with Gasteiger partial charge in [-0.2, -0.15) is 105 Å². The van der Waals surface area contributed by atoms with Crippen LogP contribution >= 0.6 is 0 Å². The van der Waals surface area contributed by atoms with E-state index in [1.807, 2.05) is 0 Å². The zero-order valence-electron chi connectivity index (χ0n) is 73.1. The van der Waals surface area contributed by atoms with Crippen molar-refractivity contribution in [3.8, 4) is 46.0 Å². The van der Waals surface area contributed by atoms with E-state index >= 15 is 0 Å². The van der Waals surface area contributed by atoms with Crippen molar-refractivity contribution in [3.63, 3.8) is 0 Å². The van der Waals surface area contributed by atoms with E-state index < -0.39 is 296 Å². The van der Waals surface area contributed by atoms with Gasteiger partial charge in [-0.1, -0.05) is 0 Å². The van der Waals surface area contributed by atoms with E-state index in [0.29, 0.717) is 44.5 Å².